The molecule has 5 heteroatoms. The van der Waals surface area contributed by atoms with Crippen molar-refractivity contribution in [2.75, 3.05) is 10.8 Å². The third-order valence-electron chi connectivity index (χ3n) is 3.39. The van der Waals surface area contributed by atoms with Crippen molar-refractivity contribution in [1.29, 1.82) is 0 Å². The summed E-state index contributed by atoms with van der Waals surface area (Å²) in [5.74, 6) is 0.324. The fourth-order valence-corrected chi connectivity index (χ4v) is 3.65. The molecule has 0 saturated heterocycles. The van der Waals surface area contributed by atoms with Crippen LogP contribution in [0.15, 0.2) is 59.5 Å². The van der Waals surface area contributed by atoms with Gasteiger partial charge in [0.1, 0.15) is 5.75 Å². The first-order chi connectivity index (χ1) is 10.4. The number of hydrogen-bond donors (Lipinski definition) is 1. The number of phenols is 1. The lowest BCUT2D eigenvalue weighted by atomic mass is 10.1. The number of anilines is 1. The topological polar surface area (TPSA) is 57.6 Å². The predicted octanol–water partition coefficient (Wildman–Crippen LogP) is 3.63. The Labute approximate surface area is 132 Å². The Bertz CT molecular complexity index is 712. The summed E-state index contributed by atoms with van der Waals surface area (Å²) in [6.45, 7) is 4.41. The van der Waals surface area contributed by atoms with E-state index in [1.807, 2.05) is 13.8 Å². The number of benzene rings is 2. The van der Waals surface area contributed by atoms with Crippen LogP contribution in [0.4, 0.5) is 5.69 Å². The summed E-state index contributed by atoms with van der Waals surface area (Å²) in [6, 6.07) is 14.8. The third-order valence-corrected chi connectivity index (χ3v) is 5.22. The molecule has 0 fully saturated rings. The van der Waals surface area contributed by atoms with Crippen LogP contribution in [-0.4, -0.2) is 20.1 Å². The van der Waals surface area contributed by atoms with E-state index in [1.165, 1.54) is 10.4 Å². The van der Waals surface area contributed by atoms with Gasteiger partial charge in [0, 0.05) is 6.54 Å². The molecule has 2 aromatic carbocycles. The van der Waals surface area contributed by atoms with E-state index >= 15 is 0 Å². The molecule has 1 N–H and O–H groups in total. The van der Waals surface area contributed by atoms with Gasteiger partial charge in [0.25, 0.3) is 10.0 Å². The molecule has 22 heavy (non-hydrogen) atoms. The number of hydrogen-bond acceptors (Lipinski definition) is 3. The van der Waals surface area contributed by atoms with Crippen LogP contribution in [0.1, 0.15) is 20.3 Å². The van der Waals surface area contributed by atoms with Gasteiger partial charge < -0.3 is 5.11 Å². The van der Waals surface area contributed by atoms with Gasteiger partial charge >= 0.3 is 0 Å². The third kappa shape index (κ3) is 3.60. The summed E-state index contributed by atoms with van der Waals surface area (Å²) < 4.78 is 27.1. The fourth-order valence-electron chi connectivity index (χ4n) is 2.14. The number of aromatic hydroxyl groups is 1. The Hall–Kier alpha value is -2.01. The summed E-state index contributed by atoms with van der Waals surface area (Å²) in [5.41, 5.74) is 0.312. The number of phenolic OH excluding ortho intramolecular Hbond substituents is 1. The summed E-state index contributed by atoms with van der Waals surface area (Å²) in [6.07, 6.45) is 0.709. The lowest BCUT2D eigenvalue weighted by Gasteiger charge is -2.26. The van der Waals surface area contributed by atoms with Crippen LogP contribution >= 0.6 is 0 Å². The predicted molar refractivity (Wildman–Crippen MR) is 88.5 cm³/mol. The first kappa shape index (κ1) is 16.4. The van der Waals surface area contributed by atoms with Crippen molar-refractivity contribution in [3.05, 3.63) is 54.6 Å². The Morgan fingerprint density at radius 3 is 2.18 bits per heavy atom. The zero-order valence-corrected chi connectivity index (χ0v) is 13.6. The van der Waals surface area contributed by atoms with Gasteiger partial charge in [-0.25, -0.2) is 8.42 Å². The summed E-state index contributed by atoms with van der Waals surface area (Å²) in [7, 11) is -3.70. The molecule has 0 aromatic heterocycles. The van der Waals surface area contributed by atoms with Crippen LogP contribution in [-0.2, 0) is 10.0 Å². The van der Waals surface area contributed by atoms with Gasteiger partial charge in [-0.15, -0.1) is 0 Å². The Balaban J connectivity index is 2.47. The van der Waals surface area contributed by atoms with Gasteiger partial charge in [0.05, 0.1) is 10.6 Å². The van der Waals surface area contributed by atoms with E-state index in [2.05, 4.69) is 0 Å². The smallest absolute Gasteiger partial charge is 0.264 e. The highest BCUT2D eigenvalue weighted by molar-refractivity contribution is 7.92. The lowest BCUT2D eigenvalue weighted by Crippen LogP contribution is -2.32. The average Bonchev–Trinajstić information content (AvgIpc) is 2.49. The highest BCUT2D eigenvalue weighted by Gasteiger charge is 2.26. The average molecular weight is 319 g/mol. The first-order valence-corrected chi connectivity index (χ1v) is 8.72. The largest absolute Gasteiger partial charge is 0.506 e. The van der Waals surface area contributed by atoms with Crippen molar-refractivity contribution in [2.45, 2.75) is 25.2 Å². The molecule has 4 nitrogen and oxygen atoms in total. The van der Waals surface area contributed by atoms with E-state index in [0.717, 1.165) is 0 Å². The molecule has 0 bridgehead atoms. The molecule has 0 saturated carbocycles. The molecule has 0 aliphatic rings. The molecule has 0 spiro atoms. The zero-order valence-electron chi connectivity index (χ0n) is 12.8. The normalized spacial score (nSPS) is 11.6. The van der Waals surface area contributed by atoms with E-state index in [0.29, 0.717) is 24.6 Å². The molecule has 0 aliphatic heterocycles. The molecule has 0 radical (unpaired) electrons. The van der Waals surface area contributed by atoms with Gasteiger partial charge in [-0.05, 0) is 36.6 Å². The van der Waals surface area contributed by atoms with Crippen LogP contribution in [0.2, 0.25) is 0 Å². The Morgan fingerprint density at radius 1 is 1.00 bits per heavy atom. The minimum atomic E-state index is -3.70. The number of sulfonamides is 1. The van der Waals surface area contributed by atoms with Gasteiger partial charge in [0.15, 0.2) is 0 Å². The van der Waals surface area contributed by atoms with E-state index < -0.39 is 10.0 Å². The maximum Gasteiger partial charge on any atom is 0.264 e. The standard InChI is InChI=1S/C17H21NO3S/c1-14(2)12-13-18(16-10-6-7-11-17(16)19)22(20,21)15-8-4-3-5-9-15/h3-11,14,19H,12-13H2,1-2H3. The molecule has 2 aromatic rings. The van der Waals surface area contributed by atoms with Crippen molar-refractivity contribution in [3.63, 3.8) is 0 Å². The van der Waals surface area contributed by atoms with Crippen molar-refractivity contribution < 1.29 is 13.5 Å². The molecular formula is C17H21NO3S. The molecular weight excluding hydrogens is 298 g/mol. The van der Waals surface area contributed by atoms with Crippen molar-refractivity contribution in [3.8, 4) is 5.75 Å². The first-order valence-electron chi connectivity index (χ1n) is 7.28. The van der Waals surface area contributed by atoms with Gasteiger partial charge in [-0.3, -0.25) is 4.31 Å². The molecule has 2 rings (SSSR count). The van der Waals surface area contributed by atoms with E-state index in [1.54, 1.807) is 48.5 Å². The van der Waals surface area contributed by atoms with E-state index in [9.17, 15) is 13.5 Å². The SMILES string of the molecule is CC(C)CCN(c1ccccc1O)S(=O)(=O)c1ccccc1. The second kappa shape index (κ2) is 6.83. The van der Waals surface area contributed by atoms with Crippen LogP contribution in [0.25, 0.3) is 0 Å². The van der Waals surface area contributed by atoms with Gasteiger partial charge in [-0.1, -0.05) is 44.2 Å². The number of rotatable bonds is 6. The highest BCUT2D eigenvalue weighted by Crippen LogP contribution is 2.31. The maximum absolute atomic E-state index is 12.9. The summed E-state index contributed by atoms with van der Waals surface area (Å²) >= 11 is 0. The van der Waals surface area contributed by atoms with Crippen LogP contribution in [0.5, 0.6) is 5.75 Å². The minimum absolute atomic E-state index is 0.0363. The zero-order chi connectivity index (χ0) is 16.2. The molecule has 0 unspecified atom stereocenters. The lowest BCUT2D eigenvalue weighted by molar-refractivity contribution is 0.474. The van der Waals surface area contributed by atoms with Gasteiger partial charge in [-0.2, -0.15) is 0 Å². The highest BCUT2D eigenvalue weighted by atomic mass is 32.2. The molecule has 0 aliphatic carbocycles. The molecule has 118 valence electrons. The molecule has 0 amide bonds. The van der Waals surface area contributed by atoms with Gasteiger partial charge in [0.2, 0.25) is 0 Å². The van der Waals surface area contributed by atoms with Crippen molar-refractivity contribution in [2.24, 2.45) is 5.92 Å². The molecule has 0 atom stereocenters. The Kier molecular flexibility index (Phi) is 5.08. The van der Waals surface area contributed by atoms with Crippen molar-refractivity contribution >= 4 is 15.7 Å². The quantitative estimate of drug-likeness (QED) is 0.884. The van der Waals surface area contributed by atoms with E-state index in [-0.39, 0.29) is 10.6 Å². The summed E-state index contributed by atoms with van der Waals surface area (Å²) in [5, 5.41) is 10.1. The second-order valence-corrected chi connectivity index (χ2v) is 7.42. The minimum Gasteiger partial charge on any atom is -0.506 e. The van der Waals surface area contributed by atoms with Crippen LogP contribution in [0, 0.1) is 5.92 Å². The van der Waals surface area contributed by atoms with E-state index in [4.69, 9.17) is 0 Å². The van der Waals surface area contributed by atoms with Crippen molar-refractivity contribution in [1.82, 2.24) is 0 Å². The second-order valence-electron chi connectivity index (χ2n) is 5.56. The monoisotopic (exact) mass is 319 g/mol. The fraction of sp³-hybridized carbons (Fsp3) is 0.294. The van der Waals surface area contributed by atoms with Crippen LogP contribution < -0.4 is 4.31 Å². The Morgan fingerprint density at radius 2 is 1.59 bits per heavy atom. The maximum atomic E-state index is 12.9. The molecule has 0 heterocycles. The number of nitrogens with zero attached hydrogens (tertiary/aromatic N) is 1. The summed E-state index contributed by atoms with van der Waals surface area (Å²) in [4.78, 5) is 0.224. The number of para-hydroxylation sites is 2. The van der Waals surface area contributed by atoms with Crippen LogP contribution in [0.3, 0.4) is 0 Å².